The van der Waals surface area contributed by atoms with Crippen molar-refractivity contribution in [3.63, 3.8) is 0 Å². The minimum absolute atomic E-state index is 0.302. The summed E-state index contributed by atoms with van der Waals surface area (Å²) in [5.74, 6) is 0.612. The fourth-order valence-electron chi connectivity index (χ4n) is 2.83. The fourth-order valence-corrected chi connectivity index (χ4v) is 2.83. The zero-order chi connectivity index (χ0) is 17.8. The fraction of sp³-hybridized carbons (Fsp3) is 0.200. The smallest absolute Gasteiger partial charge is 0.332 e. The standard InChI is InChI=1S/C20H21N3O2/c1-21(14-16-9-5-3-6-10-16)18-13-19(24)22(2)20(25)23(18)15-17-11-7-4-8-12-17/h3-13H,14-15H2,1-2H3. The van der Waals surface area contributed by atoms with Crippen LogP contribution >= 0.6 is 0 Å². The van der Waals surface area contributed by atoms with Crippen LogP contribution in [0.3, 0.4) is 0 Å². The molecular formula is C20H21N3O2. The molecule has 0 bridgehead atoms. The normalized spacial score (nSPS) is 10.6. The number of aromatic nitrogens is 2. The van der Waals surface area contributed by atoms with Crippen LogP contribution in [0.25, 0.3) is 0 Å². The van der Waals surface area contributed by atoms with Crippen molar-refractivity contribution in [1.82, 2.24) is 9.13 Å². The van der Waals surface area contributed by atoms with Crippen molar-refractivity contribution in [3.05, 3.63) is 98.7 Å². The zero-order valence-corrected chi connectivity index (χ0v) is 14.4. The number of hydrogen-bond donors (Lipinski definition) is 0. The van der Waals surface area contributed by atoms with Crippen LogP contribution in [-0.2, 0) is 20.1 Å². The second-order valence-electron chi connectivity index (χ2n) is 6.10. The topological polar surface area (TPSA) is 47.2 Å². The highest BCUT2D eigenvalue weighted by atomic mass is 16.2. The maximum absolute atomic E-state index is 12.7. The van der Waals surface area contributed by atoms with Crippen LogP contribution in [0.1, 0.15) is 11.1 Å². The van der Waals surface area contributed by atoms with E-state index in [0.717, 1.165) is 15.7 Å². The van der Waals surface area contributed by atoms with Gasteiger partial charge in [-0.25, -0.2) is 4.79 Å². The summed E-state index contributed by atoms with van der Waals surface area (Å²) in [5, 5.41) is 0. The van der Waals surface area contributed by atoms with Crippen LogP contribution in [0, 0.1) is 0 Å². The van der Waals surface area contributed by atoms with E-state index in [9.17, 15) is 9.59 Å². The molecule has 0 N–H and O–H groups in total. The van der Waals surface area contributed by atoms with Gasteiger partial charge in [0.2, 0.25) is 0 Å². The molecule has 0 aliphatic heterocycles. The van der Waals surface area contributed by atoms with Crippen molar-refractivity contribution in [2.24, 2.45) is 7.05 Å². The van der Waals surface area contributed by atoms with Gasteiger partial charge in [0.15, 0.2) is 0 Å². The Balaban J connectivity index is 2.02. The van der Waals surface area contributed by atoms with Gasteiger partial charge in [0, 0.05) is 26.7 Å². The molecule has 0 radical (unpaired) electrons. The number of rotatable bonds is 5. The SMILES string of the molecule is CN(Cc1ccccc1)c1cc(=O)n(C)c(=O)n1Cc1ccccc1. The van der Waals surface area contributed by atoms with Crippen molar-refractivity contribution < 1.29 is 0 Å². The third kappa shape index (κ3) is 3.71. The van der Waals surface area contributed by atoms with Gasteiger partial charge in [-0.3, -0.25) is 13.9 Å². The molecule has 0 aliphatic rings. The Morgan fingerprint density at radius 3 is 2.04 bits per heavy atom. The average molecular weight is 335 g/mol. The minimum atomic E-state index is -0.314. The Hall–Kier alpha value is -3.08. The van der Waals surface area contributed by atoms with E-state index in [-0.39, 0.29) is 11.2 Å². The number of anilines is 1. The lowest BCUT2D eigenvalue weighted by Gasteiger charge is -2.24. The maximum atomic E-state index is 12.7. The molecule has 2 aromatic carbocycles. The van der Waals surface area contributed by atoms with Gasteiger partial charge in [-0.05, 0) is 11.1 Å². The van der Waals surface area contributed by atoms with E-state index < -0.39 is 0 Å². The second-order valence-corrected chi connectivity index (χ2v) is 6.10. The zero-order valence-electron chi connectivity index (χ0n) is 14.4. The van der Waals surface area contributed by atoms with E-state index in [4.69, 9.17) is 0 Å². The Morgan fingerprint density at radius 1 is 0.880 bits per heavy atom. The second kappa shape index (κ2) is 7.21. The summed E-state index contributed by atoms with van der Waals surface area (Å²) in [6.45, 7) is 1.03. The summed E-state index contributed by atoms with van der Waals surface area (Å²) in [5.41, 5.74) is 1.51. The summed E-state index contributed by atoms with van der Waals surface area (Å²) in [6.07, 6.45) is 0. The summed E-state index contributed by atoms with van der Waals surface area (Å²) in [4.78, 5) is 26.7. The highest BCUT2D eigenvalue weighted by Crippen LogP contribution is 2.14. The molecule has 1 aromatic heterocycles. The van der Waals surface area contributed by atoms with E-state index >= 15 is 0 Å². The van der Waals surface area contributed by atoms with Gasteiger partial charge in [-0.2, -0.15) is 0 Å². The van der Waals surface area contributed by atoms with Gasteiger partial charge >= 0.3 is 5.69 Å². The molecule has 0 spiro atoms. The lowest BCUT2D eigenvalue weighted by Crippen LogP contribution is -2.40. The molecule has 5 heteroatoms. The van der Waals surface area contributed by atoms with Gasteiger partial charge in [-0.1, -0.05) is 60.7 Å². The first-order valence-electron chi connectivity index (χ1n) is 8.16. The lowest BCUT2D eigenvalue weighted by molar-refractivity contribution is 0.633. The van der Waals surface area contributed by atoms with E-state index in [1.807, 2.05) is 72.6 Å². The molecule has 0 saturated carbocycles. The van der Waals surface area contributed by atoms with Crippen molar-refractivity contribution >= 4 is 5.82 Å². The first kappa shape index (κ1) is 16.8. The Bertz CT molecular complexity index is 960. The predicted molar refractivity (Wildman–Crippen MR) is 100 cm³/mol. The summed E-state index contributed by atoms with van der Waals surface area (Å²) in [7, 11) is 3.40. The van der Waals surface area contributed by atoms with Gasteiger partial charge < -0.3 is 4.90 Å². The Kier molecular flexibility index (Phi) is 4.84. The Labute approximate surface area is 146 Å². The quantitative estimate of drug-likeness (QED) is 0.718. The molecule has 0 aliphatic carbocycles. The van der Waals surface area contributed by atoms with Crippen molar-refractivity contribution in [1.29, 1.82) is 0 Å². The third-order valence-corrected chi connectivity index (χ3v) is 4.21. The molecule has 0 unspecified atom stereocenters. The van der Waals surface area contributed by atoms with Crippen LogP contribution in [0.4, 0.5) is 5.82 Å². The van der Waals surface area contributed by atoms with Gasteiger partial charge in [0.1, 0.15) is 5.82 Å². The molecule has 0 atom stereocenters. The van der Waals surface area contributed by atoms with Crippen molar-refractivity contribution in [2.45, 2.75) is 13.1 Å². The van der Waals surface area contributed by atoms with E-state index in [0.29, 0.717) is 18.9 Å². The molecule has 0 amide bonds. The highest BCUT2D eigenvalue weighted by molar-refractivity contribution is 5.39. The van der Waals surface area contributed by atoms with Crippen LogP contribution in [0.2, 0.25) is 0 Å². The predicted octanol–water partition coefficient (Wildman–Crippen LogP) is 2.23. The van der Waals surface area contributed by atoms with E-state index in [1.54, 1.807) is 4.57 Å². The Morgan fingerprint density at radius 2 is 1.44 bits per heavy atom. The van der Waals surface area contributed by atoms with Crippen LogP contribution < -0.4 is 16.1 Å². The number of nitrogens with zero attached hydrogens (tertiary/aromatic N) is 3. The third-order valence-electron chi connectivity index (χ3n) is 4.21. The monoisotopic (exact) mass is 335 g/mol. The summed E-state index contributed by atoms with van der Waals surface area (Å²) >= 11 is 0. The first-order valence-corrected chi connectivity index (χ1v) is 8.16. The maximum Gasteiger partial charge on any atom is 0.332 e. The van der Waals surface area contributed by atoms with Crippen LogP contribution in [0.5, 0.6) is 0 Å². The first-order chi connectivity index (χ1) is 12.1. The molecule has 3 rings (SSSR count). The van der Waals surface area contributed by atoms with Gasteiger partial charge in [0.05, 0.1) is 6.54 Å². The van der Waals surface area contributed by atoms with Crippen LogP contribution in [0.15, 0.2) is 76.3 Å². The van der Waals surface area contributed by atoms with Crippen LogP contribution in [-0.4, -0.2) is 16.2 Å². The van der Waals surface area contributed by atoms with E-state index in [2.05, 4.69) is 0 Å². The lowest BCUT2D eigenvalue weighted by atomic mass is 10.2. The molecule has 128 valence electrons. The van der Waals surface area contributed by atoms with E-state index in [1.165, 1.54) is 13.1 Å². The average Bonchev–Trinajstić information content (AvgIpc) is 2.63. The minimum Gasteiger partial charge on any atom is -0.356 e. The summed E-state index contributed by atoms with van der Waals surface area (Å²) < 4.78 is 2.78. The van der Waals surface area contributed by atoms with Gasteiger partial charge in [0.25, 0.3) is 5.56 Å². The molecule has 5 nitrogen and oxygen atoms in total. The summed E-state index contributed by atoms with van der Waals surface area (Å²) in [6, 6.07) is 21.3. The molecule has 25 heavy (non-hydrogen) atoms. The molecule has 0 fully saturated rings. The van der Waals surface area contributed by atoms with Crippen molar-refractivity contribution in [2.75, 3.05) is 11.9 Å². The molecule has 0 saturated heterocycles. The number of benzene rings is 2. The molecule has 1 heterocycles. The van der Waals surface area contributed by atoms with Crippen molar-refractivity contribution in [3.8, 4) is 0 Å². The highest BCUT2D eigenvalue weighted by Gasteiger charge is 2.13. The molecular weight excluding hydrogens is 314 g/mol. The molecule has 3 aromatic rings. The number of hydrogen-bond acceptors (Lipinski definition) is 3. The van der Waals surface area contributed by atoms with Gasteiger partial charge in [-0.15, -0.1) is 0 Å². The largest absolute Gasteiger partial charge is 0.356 e.